The third kappa shape index (κ3) is 46.4. The summed E-state index contributed by atoms with van der Waals surface area (Å²) in [6, 6.07) is 0. The van der Waals surface area contributed by atoms with E-state index < -0.39 is 23.9 Å². The average Bonchev–Trinajstić information content (AvgIpc) is 2.89. The van der Waals surface area contributed by atoms with Gasteiger partial charge in [0, 0.05) is 12.2 Å². The number of hydrogen-bond acceptors (Lipinski definition) is 8. The number of carboxylic acids is 2. The van der Waals surface area contributed by atoms with Crippen LogP contribution in [0.4, 0.5) is 0 Å². The van der Waals surface area contributed by atoms with Crippen LogP contribution in [0.2, 0.25) is 9.88 Å². The molecule has 0 heterocycles. The molecule has 224 valence electrons. The van der Waals surface area contributed by atoms with E-state index in [0.717, 1.165) is 50.7 Å². The Morgan fingerprint density at radius 1 is 0.513 bits per heavy atom. The molecule has 0 aromatic heterocycles. The SMILES string of the molecule is CCCCCCCCCCOC(=O)/C=C\C(=O)[O-].CCCCCCCCCCOC(=O)/C=C\C(=O)[O-].[CH3][Sn+2][CH3]. The normalized spacial score (nSPS) is 10.2. The third-order valence-electron chi connectivity index (χ3n) is 5.20. The van der Waals surface area contributed by atoms with E-state index in [0.29, 0.717) is 25.4 Å². The first kappa shape index (κ1) is 41.6. The summed E-state index contributed by atoms with van der Waals surface area (Å²) in [5.74, 6) is -4.03. The van der Waals surface area contributed by atoms with E-state index in [1.165, 1.54) is 64.2 Å². The number of rotatable bonds is 22. The molecule has 0 atom stereocenters. The molecule has 39 heavy (non-hydrogen) atoms. The minimum absolute atomic E-state index is 0.230. The predicted octanol–water partition coefficient (Wildman–Crippen LogP) is 4.74. The monoisotopic (exact) mass is 660 g/mol. The molecule has 0 N–H and O–H groups in total. The summed E-state index contributed by atoms with van der Waals surface area (Å²) in [5, 5.41) is 20.0. The van der Waals surface area contributed by atoms with Crippen LogP contribution in [-0.2, 0) is 28.7 Å². The molecule has 0 aromatic rings. The number of ether oxygens (including phenoxy) is 2. The number of carboxylic acid groups (broad SMARTS) is 2. The zero-order chi connectivity index (χ0) is 30.0. The van der Waals surface area contributed by atoms with Gasteiger partial charge in [0.1, 0.15) is 0 Å². The van der Waals surface area contributed by atoms with E-state index in [9.17, 15) is 29.4 Å². The molecule has 0 unspecified atom stereocenters. The Kier molecular flexibility index (Phi) is 38.6. The summed E-state index contributed by atoms with van der Waals surface area (Å²) in [6.07, 6.45) is 22.0. The van der Waals surface area contributed by atoms with Crippen molar-refractivity contribution in [2.45, 2.75) is 126 Å². The second kappa shape index (κ2) is 36.2. The molecule has 0 spiro atoms. The van der Waals surface area contributed by atoms with Crippen LogP contribution in [0.25, 0.3) is 0 Å². The topological polar surface area (TPSA) is 133 Å². The Bertz CT molecular complexity index is 593. The van der Waals surface area contributed by atoms with Crippen LogP contribution >= 0.6 is 0 Å². The first-order valence-electron chi connectivity index (χ1n) is 14.4. The second-order valence-electron chi connectivity index (χ2n) is 9.09. The number of carbonyl (C=O) groups excluding carboxylic acids is 4. The Labute approximate surface area is 247 Å². The van der Waals surface area contributed by atoms with Crippen molar-refractivity contribution in [2.24, 2.45) is 0 Å². The molecule has 0 aliphatic heterocycles. The zero-order valence-corrected chi connectivity index (χ0v) is 27.7. The van der Waals surface area contributed by atoms with E-state index in [1.807, 2.05) is 0 Å². The van der Waals surface area contributed by atoms with Crippen molar-refractivity contribution in [2.75, 3.05) is 13.2 Å². The van der Waals surface area contributed by atoms with E-state index in [4.69, 9.17) is 9.47 Å². The van der Waals surface area contributed by atoms with Gasteiger partial charge < -0.3 is 29.3 Å². The number of esters is 2. The van der Waals surface area contributed by atoms with Crippen LogP contribution in [-0.4, -0.2) is 58.2 Å². The summed E-state index contributed by atoms with van der Waals surface area (Å²) in [5.41, 5.74) is 0. The molecule has 0 rings (SSSR count). The van der Waals surface area contributed by atoms with E-state index in [1.54, 1.807) is 0 Å². The van der Waals surface area contributed by atoms with Gasteiger partial charge in [0.2, 0.25) is 0 Å². The standard InChI is InChI=1S/2C14H24O4.2CH3.Sn/c2*1-2-3-4-5-6-7-8-9-12-18-14(17)11-10-13(15)16;;;/h2*10-11H,2-9,12H2,1H3,(H,15,16);2*1H3;/q;;;;+2/p-2/b2*11-10-;;;. The van der Waals surface area contributed by atoms with Gasteiger partial charge in [-0.05, 0) is 25.0 Å². The van der Waals surface area contributed by atoms with Gasteiger partial charge in [-0.25, -0.2) is 9.59 Å². The van der Waals surface area contributed by atoms with Crippen LogP contribution in [0.15, 0.2) is 24.3 Å². The average molecular weight is 659 g/mol. The van der Waals surface area contributed by atoms with E-state index >= 15 is 0 Å². The quantitative estimate of drug-likeness (QED) is 0.0705. The fourth-order valence-electron chi connectivity index (χ4n) is 3.19. The fourth-order valence-corrected chi connectivity index (χ4v) is 3.19. The molecule has 0 radical (unpaired) electrons. The molecule has 8 nitrogen and oxygen atoms in total. The Balaban J connectivity index is -0.000000603. The van der Waals surface area contributed by atoms with Crippen molar-refractivity contribution in [3.63, 3.8) is 0 Å². The summed E-state index contributed by atoms with van der Waals surface area (Å²) < 4.78 is 9.64. The van der Waals surface area contributed by atoms with Gasteiger partial charge in [-0.1, -0.05) is 104 Å². The van der Waals surface area contributed by atoms with Crippen molar-refractivity contribution < 1.29 is 38.9 Å². The van der Waals surface area contributed by atoms with Crippen LogP contribution in [0.3, 0.4) is 0 Å². The van der Waals surface area contributed by atoms with Gasteiger partial charge in [0.25, 0.3) is 0 Å². The Morgan fingerprint density at radius 2 is 0.769 bits per heavy atom. The van der Waals surface area contributed by atoms with Crippen molar-refractivity contribution in [1.29, 1.82) is 0 Å². The molecule has 0 aliphatic rings. The van der Waals surface area contributed by atoms with E-state index in [-0.39, 0.29) is 21.1 Å². The van der Waals surface area contributed by atoms with Gasteiger partial charge in [-0.3, -0.25) is 0 Å². The number of carbonyl (C=O) groups is 4. The van der Waals surface area contributed by atoms with Gasteiger partial charge in [-0.15, -0.1) is 0 Å². The molecule has 0 amide bonds. The first-order chi connectivity index (χ1) is 18.7. The molecular weight excluding hydrogens is 607 g/mol. The minimum atomic E-state index is -1.39. The van der Waals surface area contributed by atoms with Gasteiger partial charge in [0.05, 0.1) is 25.2 Å². The van der Waals surface area contributed by atoms with Crippen LogP contribution < -0.4 is 10.2 Å². The number of unbranched alkanes of at least 4 members (excludes halogenated alkanes) is 14. The third-order valence-corrected chi connectivity index (χ3v) is 5.20. The van der Waals surface area contributed by atoms with Crippen LogP contribution in [0.5, 0.6) is 0 Å². The number of aliphatic carboxylic acids is 2. The van der Waals surface area contributed by atoms with Crippen molar-refractivity contribution in [1.82, 2.24) is 0 Å². The maximum absolute atomic E-state index is 11.0. The summed E-state index contributed by atoms with van der Waals surface area (Å²) in [7, 11) is 0. The molecule has 0 saturated heterocycles. The van der Waals surface area contributed by atoms with Gasteiger partial charge in [-0.2, -0.15) is 0 Å². The van der Waals surface area contributed by atoms with Crippen molar-refractivity contribution >= 4 is 45.0 Å². The Hall–Kier alpha value is -1.84. The molecular formula is C30H52O8Sn. The molecule has 9 heteroatoms. The molecule has 0 saturated carbocycles. The first-order valence-corrected chi connectivity index (χ1v) is 20.2. The van der Waals surface area contributed by atoms with Crippen LogP contribution in [0, 0.1) is 0 Å². The Morgan fingerprint density at radius 3 is 1.03 bits per heavy atom. The summed E-state index contributed by atoms with van der Waals surface area (Å²) in [4.78, 5) is 46.5. The van der Waals surface area contributed by atoms with Crippen molar-refractivity contribution in [3.05, 3.63) is 24.3 Å². The molecule has 0 aromatic carbocycles. The summed E-state index contributed by atoms with van der Waals surface area (Å²) >= 11 is 0.230. The molecule has 0 fully saturated rings. The van der Waals surface area contributed by atoms with Crippen molar-refractivity contribution in [3.8, 4) is 0 Å². The van der Waals surface area contributed by atoms with Gasteiger partial charge >= 0.3 is 43.0 Å². The zero-order valence-electron chi connectivity index (χ0n) is 24.8. The fraction of sp³-hybridized carbons (Fsp3) is 0.733. The maximum atomic E-state index is 11.0. The second-order valence-corrected chi connectivity index (χ2v) is 11.9. The van der Waals surface area contributed by atoms with Gasteiger partial charge in [0.15, 0.2) is 0 Å². The van der Waals surface area contributed by atoms with E-state index in [2.05, 4.69) is 23.7 Å². The molecule has 0 aliphatic carbocycles. The summed E-state index contributed by atoms with van der Waals surface area (Å²) in [6.45, 7) is 5.10. The molecule has 0 bridgehead atoms. The predicted molar refractivity (Wildman–Crippen MR) is 153 cm³/mol. The van der Waals surface area contributed by atoms with Crippen LogP contribution in [0.1, 0.15) is 117 Å². The number of hydrogen-bond donors (Lipinski definition) is 0.